The number of benzene rings is 4. The van der Waals surface area contributed by atoms with Gasteiger partial charge in [-0.25, -0.2) is 41.4 Å². The topological polar surface area (TPSA) is 193 Å². The van der Waals surface area contributed by atoms with Crippen LogP contribution in [0.1, 0.15) is 45.7 Å². The zero-order valence-corrected chi connectivity index (χ0v) is 50.0. The van der Waals surface area contributed by atoms with E-state index in [9.17, 15) is 31.2 Å². The SMILES string of the molecule is CC(C)(C)OC(=O)N1CCN(S(=O)(=O)c2cnc3n2[C@](C)(Cc2ccc(Br)cc2)C(=O)N3c2cc(Cl)cc(Cl)c2)CC1.C[C@@]1(Cc2ccc(Br)cc2)C(=O)N(c2cc(Cl)cc(Cl)c2)c2ncc(S(=O)(=O)N3CCNCC3)n21. The number of nitrogens with one attached hydrogen (secondary N) is 1. The second kappa shape index (κ2) is 21.8. The van der Waals surface area contributed by atoms with Crippen LogP contribution in [-0.4, -0.2) is 125 Å². The molecule has 4 aromatic carbocycles. The summed E-state index contributed by atoms with van der Waals surface area (Å²) in [7, 11) is -8.03. The summed E-state index contributed by atoms with van der Waals surface area (Å²) in [5.74, 6) is -0.345. The molecule has 0 spiro atoms. The highest BCUT2D eigenvalue weighted by Gasteiger charge is 2.54. The third-order valence-corrected chi connectivity index (χ3v) is 19.1. The quantitative estimate of drug-likeness (QED) is 0.137. The van der Waals surface area contributed by atoms with Crippen molar-refractivity contribution in [2.45, 2.75) is 74.2 Å². The maximum Gasteiger partial charge on any atom is 0.410 e. The lowest BCUT2D eigenvalue weighted by atomic mass is 9.92. The second-order valence-corrected chi connectivity index (χ2v) is 27.5. The Balaban J connectivity index is 0.000000191. The van der Waals surface area contributed by atoms with Crippen LogP contribution in [0.4, 0.5) is 28.1 Å². The molecule has 2 saturated heterocycles. The van der Waals surface area contributed by atoms with Crippen molar-refractivity contribution in [2.24, 2.45) is 0 Å². The van der Waals surface area contributed by atoms with Gasteiger partial charge in [0, 0.05) is 94.2 Å². The number of ether oxygens (including phenoxy) is 1. The molecule has 0 bridgehead atoms. The van der Waals surface area contributed by atoms with Gasteiger partial charge in [-0.05, 0) is 106 Å². The number of halogens is 6. The van der Waals surface area contributed by atoms with Crippen LogP contribution in [0.2, 0.25) is 20.1 Å². The summed E-state index contributed by atoms with van der Waals surface area (Å²) < 4.78 is 68.6. The van der Waals surface area contributed by atoms with E-state index in [0.717, 1.165) is 20.1 Å². The van der Waals surface area contributed by atoms with E-state index in [0.29, 0.717) is 57.6 Å². The molecule has 4 aliphatic heterocycles. The molecule has 3 amide bonds. The molecule has 4 aliphatic rings. The summed E-state index contributed by atoms with van der Waals surface area (Å²) in [6.07, 6.45) is 2.57. The van der Waals surface area contributed by atoms with Gasteiger partial charge < -0.3 is 15.0 Å². The number of nitrogens with zero attached hydrogens (tertiary/aromatic N) is 9. The Morgan fingerprint density at radius 3 is 1.34 bits per heavy atom. The van der Waals surface area contributed by atoms with E-state index >= 15 is 0 Å². The monoisotopic (exact) mass is 1290 g/mol. The van der Waals surface area contributed by atoms with E-state index in [1.807, 2.05) is 48.5 Å². The van der Waals surface area contributed by atoms with E-state index < -0.39 is 42.8 Å². The predicted molar refractivity (Wildman–Crippen MR) is 303 cm³/mol. The number of hydrogen-bond donors (Lipinski definition) is 1. The fraction of sp³-hybridized carbons (Fsp3) is 0.353. The van der Waals surface area contributed by atoms with Gasteiger partial charge in [-0.2, -0.15) is 8.61 Å². The second-order valence-electron chi connectivity index (χ2n) is 20.2. The normalized spacial score (nSPS) is 20.3. The van der Waals surface area contributed by atoms with Crippen LogP contribution >= 0.6 is 78.3 Å². The fourth-order valence-electron chi connectivity index (χ4n) is 9.81. The molecule has 77 heavy (non-hydrogen) atoms. The molecule has 6 aromatic rings. The van der Waals surface area contributed by atoms with Gasteiger partial charge in [0.2, 0.25) is 11.9 Å². The molecule has 0 radical (unpaired) electrons. The minimum absolute atomic E-state index is 0.0158. The number of fused-ring (bicyclic) bond motifs is 2. The molecule has 1 N–H and O–H groups in total. The number of imidazole rings is 2. The van der Waals surface area contributed by atoms with E-state index in [2.05, 4.69) is 47.1 Å². The summed E-state index contributed by atoms with van der Waals surface area (Å²) >= 11 is 31.9. The van der Waals surface area contributed by atoms with Crippen molar-refractivity contribution < 1.29 is 36.0 Å². The lowest BCUT2D eigenvalue weighted by Crippen LogP contribution is -2.52. The van der Waals surface area contributed by atoms with Crippen LogP contribution in [-0.2, 0) is 58.3 Å². The van der Waals surface area contributed by atoms with Crippen LogP contribution < -0.4 is 15.1 Å². The first-order valence-electron chi connectivity index (χ1n) is 24.2. The molecule has 0 unspecified atom stereocenters. The molecule has 408 valence electrons. The van der Waals surface area contributed by atoms with Crippen molar-refractivity contribution in [1.82, 2.24) is 37.9 Å². The highest BCUT2D eigenvalue weighted by atomic mass is 79.9. The van der Waals surface area contributed by atoms with Gasteiger partial charge in [-0.15, -0.1) is 0 Å². The Kier molecular flexibility index (Phi) is 16.2. The Hall–Kier alpha value is -4.59. The minimum Gasteiger partial charge on any atom is -0.444 e. The lowest BCUT2D eigenvalue weighted by molar-refractivity contribution is -0.124. The number of carbonyl (C=O) groups is 3. The van der Waals surface area contributed by atoms with Crippen molar-refractivity contribution in [3.05, 3.63) is 137 Å². The van der Waals surface area contributed by atoms with Gasteiger partial charge >= 0.3 is 6.09 Å². The van der Waals surface area contributed by atoms with Crippen LogP contribution in [0.15, 0.2) is 116 Å². The number of aromatic nitrogens is 4. The first kappa shape index (κ1) is 57.1. The maximum absolute atomic E-state index is 14.2. The van der Waals surface area contributed by atoms with Gasteiger partial charge in [-0.3, -0.25) is 18.7 Å². The zero-order valence-electron chi connectivity index (χ0n) is 42.2. The first-order valence-corrected chi connectivity index (χ1v) is 30.1. The standard InChI is InChI=1S/C28H30BrCl2N5O5S.C23H22BrCl2N5O3S/c1-27(2,3)41-26(38)33-9-11-34(12-10-33)42(39,40)23-17-32-25-35(22-14-20(30)13-21(31)15-22)24(37)28(4,36(23)25)16-18-5-7-19(29)8-6-18;1-23(13-15-2-4-16(24)5-3-15)21(32)30(19-11-17(25)10-18(26)12-19)22-28-14-20(31(22)23)35(33,34)29-8-6-27-7-9-29/h5-8,13-15,17H,9-12,16H2,1-4H3;2-5,10-12,14,27H,6-9,13H2,1H3/t28-;23-/m11/s1. The van der Waals surface area contributed by atoms with E-state index in [4.69, 9.17) is 51.1 Å². The molecule has 2 aromatic heterocycles. The molecule has 2 fully saturated rings. The van der Waals surface area contributed by atoms with Crippen molar-refractivity contribution in [2.75, 3.05) is 62.2 Å². The van der Waals surface area contributed by atoms with E-state index in [1.54, 1.807) is 75.6 Å². The van der Waals surface area contributed by atoms with Crippen molar-refractivity contribution in [3.8, 4) is 0 Å². The average molecular weight is 1300 g/mol. The number of carbonyl (C=O) groups excluding carboxylic acids is 3. The summed E-state index contributed by atoms with van der Waals surface area (Å²) in [6.45, 7) is 11.0. The van der Waals surface area contributed by atoms with Gasteiger partial charge in [0.25, 0.3) is 31.9 Å². The molecule has 6 heterocycles. The maximum atomic E-state index is 14.2. The molecular formula is C51H52Br2Cl4N10O8S2. The number of piperazine rings is 2. The third-order valence-electron chi connectivity index (χ3n) is 13.4. The molecule has 26 heteroatoms. The van der Waals surface area contributed by atoms with Crippen molar-refractivity contribution in [1.29, 1.82) is 0 Å². The predicted octanol–water partition coefficient (Wildman–Crippen LogP) is 10.0. The fourth-order valence-corrected chi connectivity index (χ4v) is 14.6. The number of hydrogen-bond acceptors (Lipinski definition) is 11. The Morgan fingerprint density at radius 1 is 0.610 bits per heavy atom. The van der Waals surface area contributed by atoms with Gasteiger partial charge in [0.15, 0.2) is 10.1 Å². The molecule has 10 rings (SSSR count). The highest BCUT2D eigenvalue weighted by molar-refractivity contribution is 9.10. The zero-order chi connectivity index (χ0) is 55.6. The summed E-state index contributed by atoms with van der Waals surface area (Å²) in [5.41, 5.74) is -0.776. The van der Waals surface area contributed by atoms with Gasteiger partial charge in [0.1, 0.15) is 16.7 Å². The molecular weight excluding hydrogens is 1250 g/mol. The summed E-state index contributed by atoms with van der Waals surface area (Å²) in [4.78, 5) is 53.9. The smallest absolute Gasteiger partial charge is 0.410 e. The summed E-state index contributed by atoms with van der Waals surface area (Å²) in [6, 6.07) is 24.6. The van der Waals surface area contributed by atoms with Crippen LogP contribution in [0, 0.1) is 0 Å². The third kappa shape index (κ3) is 11.3. The lowest BCUT2D eigenvalue weighted by Gasteiger charge is -2.35. The molecule has 2 atom stereocenters. The Labute approximate surface area is 483 Å². The molecule has 0 saturated carbocycles. The van der Waals surface area contributed by atoms with Crippen LogP contribution in [0.5, 0.6) is 0 Å². The van der Waals surface area contributed by atoms with E-state index in [1.165, 1.54) is 40.3 Å². The number of rotatable bonds is 10. The van der Waals surface area contributed by atoms with Crippen LogP contribution in [0.25, 0.3) is 0 Å². The average Bonchev–Trinajstić information content (AvgIpc) is 4.17. The summed E-state index contributed by atoms with van der Waals surface area (Å²) in [5, 5.41) is 4.38. The van der Waals surface area contributed by atoms with Crippen LogP contribution in [0.3, 0.4) is 0 Å². The van der Waals surface area contributed by atoms with Crippen molar-refractivity contribution in [3.63, 3.8) is 0 Å². The molecule has 18 nitrogen and oxygen atoms in total. The Bertz CT molecular complexity index is 3480. The number of anilines is 4. The highest BCUT2D eigenvalue weighted by Crippen LogP contribution is 2.47. The minimum atomic E-state index is -4.13. The van der Waals surface area contributed by atoms with Gasteiger partial charge in [0.05, 0.1) is 23.8 Å². The Morgan fingerprint density at radius 2 is 0.974 bits per heavy atom. The number of sulfonamides is 2. The number of amides is 3. The van der Waals surface area contributed by atoms with Gasteiger partial charge in [-0.1, -0.05) is 103 Å². The van der Waals surface area contributed by atoms with Crippen molar-refractivity contribution >= 4 is 139 Å². The molecule has 0 aliphatic carbocycles. The van der Waals surface area contributed by atoms with E-state index in [-0.39, 0.29) is 72.8 Å². The first-order chi connectivity index (χ1) is 36.2. The largest absolute Gasteiger partial charge is 0.444 e.